The number of hydrogen-bond acceptors (Lipinski definition) is 3. The van der Waals surface area contributed by atoms with E-state index in [9.17, 15) is 0 Å². The van der Waals surface area contributed by atoms with E-state index >= 15 is 0 Å². The van der Waals surface area contributed by atoms with Crippen molar-refractivity contribution >= 4 is 27.6 Å². The molecule has 21 heavy (non-hydrogen) atoms. The van der Waals surface area contributed by atoms with Crippen LogP contribution in [0.2, 0.25) is 0 Å². The monoisotopic (exact) mass is 277 g/mol. The average molecular weight is 277 g/mol. The summed E-state index contributed by atoms with van der Waals surface area (Å²) in [7, 11) is 0. The van der Waals surface area contributed by atoms with E-state index in [-0.39, 0.29) is 0 Å². The number of benzene rings is 2. The molecule has 0 bridgehead atoms. The Morgan fingerprint density at radius 3 is 3.00 bits per heavy atom. The summed E-state index contributed by atoms with van der Waals surface area (Å²) >= 11 is 0. The molecule has 2 heterocycles. The van der Waals surface area contributed by atoms with Gasteiger partial charge in [-0.25, -0.2) is 0 Å². The van der Waals surface area contributed by atoms with Crippen LogP contribution in [0.5, 0.6) is 0 Å². The van der Waals surface area contributed by atoms with Crippen LogP contribution in [0.1, 0.15) is 11.3 Å². The Hall–Kier alpha value is -2.75. The highest BCUT2D eigenvalue weighted by atomic mass is 16.3. The van der Waals surface area contributed by atoms with Gasteiger partial charge in [0.15, 0.2) is 0 Å². The summed E-state index contributed by atoms with van der Waals surface area (Å²) in [6.07, 6.45) is 1.83. The highest BCUT2D eigenvalue weighted by Crippen LogP contribution is 2.27. The molecule has 0 aliphatic rings. The van der Waals surface area contributed by atoms with E-state index in [4.69, 9.17) is 4.42 Å². The normalized spacial score (nSPS) is 11.3. The SMILES string of the molecule is Cc1oc2ccccc2c1CNc1cccc2cn[nH]c12. The van der Waals surface area contributed by atoms with Crippen molar-refractivity contribution in [3.05, 3.63) is 60.0 Å². The summed E-state index contributed by atoms with van der Waals surface area (Å²) in [6.45, 7) is 2.73. The zero-order valence-corrected chi connectivity index (χ0v) is 11.7. The van der Waals surface area contributed by atoms with Gasteiger partial charge in [-0.3, -0.25) is 5.10 Å². The fraction of sp³-hybridized carbons (Fsp3) is 0.118. The molecule has 4 aromatic rings. The Kier molecular flexibility index (Phi) is 2.67. The van der Waals surface area contributed by atoms with E-state index in [0.29, 0.717) is 0 Å². The number of aromatic amines is 1. The van der Waals surface area contributed by atoms with E-state index in [0.717, 1.165) is 34.5 Å². The molecule has 0 spiro atoms. The van der Waals surface area contributed by atoms with Gasteiger partial charge in [0.2, 0.25) is 0 Å². The highest BCUT2D eigenvalue weighted by molar-refractivity contribution is 5.90. The molecular formula is C17H15N3O. The van der Waals surface area contributed by atoms with Crippen molar-refractivity contribution in [2.24, 2.45) is 0 Å². The van der Waals surface area contributed by atoms with Crippen molar-refractivity contribution in [2.45, 2.75) is 13.5 Å². The maximum atomic E-state index is 5.80. The molecule has 2 N–H and O–H groups in total. The van der Waals surface area contributed by atoms with E-state index in [1.807, 2.05) is 43.5 Å². The van der Waals surface area contributed by atoms with Gasteiger partial charge < -0.3 is 9.73 Å². The maximum Gasteiger partial charge on any atom is 0.134 e. The van der Waals surface area contributed by atoms with E-state index in [2.05, 4.69) is 27.6 Å². The zero-order chi connectivity index (χ0) is 14.2. The summed E-state index contributed by atoms with van der Waals surface area (Å²) in [4.78, 5) is 0. The largest absolute Gasteiger partial charge is 0.461 e. The molecule has 0 unspecified atom stereocenters. The van der Waals surface area contributed by atoms with Crippen LogP contribution in [0.4, 0.5) is 5.69 Å². The molecule has 2 aromatic carbocycles. The number of H-pyrrole nitrogens is 1. The van der Waals surface area contributed by atoms with E-state index in [1.165, 1.54) is 10.9 Å². The number of anilines is 1. The number of hydrogen-bond donors (Lipinski definition) is 2. The molecule has 4 rings (SSSR count). The molecule has 0 aliphatic heterocycles. The summed E-state index contributed by atoms with van der Waals surface area (Å²) in [5, 5.41) is 12.9. The van der Waals surface area contributed by atoms with Crippen molar-refractivity contribution in [1.82, 2.24) is 10.2 Å². The van der Waals surface area contributed by atoms with Crippen molar-refractivity contribution < 1.29 is 4.42 Å². The van der Waals surface area contributed by atoms with Gasteiger partial charge in [0.25, 0.3) is 0 Å². The van der Waals surface area contributed by atoms with Crippen molar-refractivity contribution in [1.29, 1.82) is 0 Å². The standard InChI is InChI=1S/C17H15N3O/c1-11-14(13-6-2-3-8-16(13)21-11)10-18-15-7-4-5-12-9-19-20-17(12)15/h2-9,18H,10H2,1H3,(H,19,20). The van der Waals surface area contributed by atoms with Crippen molar-refractivity contribution in [3.63, 3.8) is 0 Å². The van der Waals surface area contributed by atoms with Gasteiger partial charge in [-0.2, -0.15) is 5.10 Å². The Bertz CT molecular complexity index is 920. The number of aromatic nitrogens is 2. The molecule has 2 aromatic heterocycles. The first-order valence-corrected chi connectivity index (χ1v) is 6.96. The van der Waals surface area contributed by atoms with Crippen molar-refractivity contribution in [3.8, 4) is 0 Å². The van der Waals surface area contributed by atoms with Crippen LogP contribution in [0, 0.1) is 6.92 Å². The average Bonchev–Trinajstić information content (AvgIpc) is 3.09. The molecule has 4 heteroatoms. The highest BCUT2D eigenvalue weighted by Gasteiger charge is 2.10. The second-order valence-corrected chi connectivity index (χ2v) is 5.13. The minimum atomic E-state index is 0.723. The third-order valence-electron chi connectivity index (χ3n) is 3.83. The number of aryl methyl sites for hydroxylation is 1. The second kappa shape index (κ2) is 4.66. The first kappa shape index (κ1) is 12.0. The van der Waals surface area contributed by atoms with Crippen LogP contribution in [0.25, 0.3) is 21.9 Å². The minimum absolute atomic E-state index is 0.723. The lowest BCUT2D eigenvalue weighted by atomic mass is 10.1. The topological polar surface area (TPSA) is 53.9 Å². The van der Waals surface area contributed by atoms with Gasteiger partial charge >= 0.3 is 0 Å². The summed E-state index contributed by atoms with van der Waals surface area (Å²) < 4.78 is 5.80. The summed E-state index contributed by atoms with van der Waals surface area (Å²) in [6, 6.07) is 14.3. The molecule has 0 fully saturated rings. The van der Waals surface area contributed by atoms with Crippen molar-refractivity contribution in [2.75, 3.05) is 5.32 Å². The first-order valence-electron chi connectivity index (χ1n) is 6.96. The molecule has 0 amide bonds. The first-order chi connectivity index (χ1) is 10.3. The summed E-state index contributed by atoms with van der Waals surface area (Å²) in [5.74, 6) is 0.959. The van der Waals surface area contributed by atoms with Gasteiger partial charge in [-0.1, -0.05) is 30.3 Å². The van der Waals surface area contributed by atoms with Gasteiger partial charge in [0.1, 0.15) is 11.3 Å². The second-order valence-electron chi connectivity index (χ2n) is 5.13. The lowest BCUT2D eigenvalue weighted by Crippen LogP contribution is -2.00. The van der Waals surface area contributed by atoms with Gasteiger partial charge in [0.05, 0.1) is 17.4 Å². The van der Waals surface area contributed by atoms with Crippen LogP contribution < -0.4 is 5.32 Å². The fourth-order valence-electron chi connectivity index (χ4n) is 2.74. The lowest BCUT2D eigenvalue weighted by Gasteiger charge is -2.07. The third kappa shape index (κ3) is 1.96. The molecule has 0 saturated carbocycles. The van der Waals surface area contributed by atoms with Gasteiger partial charge in [-0.15, -0.1) is 0 Å². The summed E-state index contributed by atoms with van der Waals surface area (Å²) in [5.41, 5.74) is 4.21. The number of nitrogens with zero attached hydrogens (tertiary/aromatic N) is 1. The number of furan rings is 1. The van der Waals surface area contributed by atoms with Crippen LogP contribution in [-0.4, -0.2) is 10.2 Å². The quantitative estimate of drug-likeness (QED) is 0.589. The van der Waals surface area contributed by atoms with Crippen LogP contribution in [0.15, 0.2) is 53.1 Å². The molecular weight excluding hydrogens is 262 g/mol. The van der Waals surface area contributed by atoms with E-state index in [1.54, 1.807) is 0 Å². The molecule has 0 atom stereocenters. The minimum Gasteiger partial charge on any atom is -0.461 e. The van der Waals surface area contributed by atoms with Crippen LogP contribution in [-0.2, 0) is 6.54 Å². The number of nitrogens with one attached hydrogen (secondary N) is 2. The lowest BCUT2D eigenvalue weighted by molar-refractivity contribution is 0.573. The number of rotatable bonds is 3. The molecule has 0 saturated heterocycles. The third-order valence-corrected chi connectivity index (χ3v) is 3.83. The Labute approximate surface area is 121 Å². The predicted molar refractivity (Wildman–Crippen MR) is 84.4 cm³/mol. The maximum absolute atomic E-state index is 5.80. The Morgan fingerprint density at radius 2 is 2.05 bits per heavy atom. The Morgan fingerprint density at radius 1 is 1.14 bits per heavy atom. The molecule has 4 nitrogen and oxygen atoms in total. The zero-order valence-electron chi connectivity index (χ0n) is 11.7. The number of fused-ring (bicyclic) bond motifs is 2. The van der Waals surface area contributed by atoms with Gasteiger partial charge in [-0.05, 0) is 19.1 Å². The number of para-hydroxylation sites is 2. The molecule has 104 valence electrons. The smallest absolute Gasteiger partial charge is 0.134 e. The van der Waals surface area contributed by atoms with E-state index < -0.39 is 0 Å². The molecule has 0 radical (unpaired) electrons. The molecule has 0 aliphatic carbocycles. The fourth-order valence-corrected chi connectivity index (χ4v) is 2.74. The Balaban J connectivity index is 1.70. The predicted octanol–water partition coefficient (Wildman–Crippen LogP) is 4.23. The van der Waals surface area contributed by atoms with Gasteiger partial charge in [0, 0.05) is 22.9 Å². The van der Waals surface area contributed by atoms with Crippen LogP contribution >= 0.6 is 0 Å². The van der Waals surface area contributed by atoms with Crippen LogP contribution in [0.3, 0.4) is 0 Å².